The van der Waals surface area contributed by atoms with Gasteiger partial charge in [0, 0.05) is 37.1 Å². The number of hydrogen-bond acceptors (Lipinski definition) is 3. The van der Waals surface area contributed by atoms with Crippen molar-refractivity contribution in [3.05, 3.63) is 34.2 Å². The second-order valence-electron chi connectivity index (χ2n) is 2.43. The van der Waals surface area contributed by atoms with E-state index in [0.29, 0.717) is 18.7 Å². The third-order valence-corrected chi connectivity index (χ3v) is 1.51. The lowest BCUT2D eigenvalue weighted by Crippen LogP contribution is -2.21. The standard InChI is InChI=1S/C8H12N2O2/c11-4-3-10-6-7-5-9-2-1-8(7)12/h1-2,5,10-11H,3-4,6H2,(H,9,12). The largest absolute Gasteiger partial charge is 0.395 e. The van der Waals surface area contributed by atoms with E-state index in [0.717, 1.165) is 0 Å². The van der Waals surface area contributed by atoms with Crippen molar-refractivity contribution < 1.29 is 5.11 Å². The van der Waals surface area contributed by atoms with Gasteiger partial charge < -0.3 is 15.4 Å². The van der Waals surface area contributed by atoms with Crippen molar-refractivity contribution in [2.24, 2.45) is 0 Å². The van der Waals surface area contributed by atoms with Crippen LogP contribution in [0.3, 0.4) is 0 Å². The van der Waals surface area contributed by atoms with Gasteiger partial charge in [0.1, 0.15) is 0 Å². The molecular weight excluding hydrogens is 156 g/mol. The molecule has 0 unspecified atom stereocenters. The minimum Gasteiger partial charge on any atom is -0.395 e. The molecule has 0 aliphatic carbocycles. The second-order valence-corrected chi connectivity index (χ2v) is 2.43. The molecule has 0 amide bonds. The lowest BCUT2D eigenvalue weighted by molar-refractivity contribution is 0.292. The second kappa shape index (κ2) is 4.69. The van der Waals surface area contributed by atoms with Crippen LogP contribution in [-0.4, -0.2) is 23.2 Å². The van der Waals surface area contributed by atoms with Crippen LogP contribution in [0.15, 0.2) is 23.3 Å². The van der Waals surface area contributed by atoms with E-state index in [1.165, 1.54) is 6.07 Å². The minimum absolute atomic E-state index is 0.0131. The highest BCUT2D eigenvalue weighted by Gasteiger charge is 1.95. The predicted octanol–water partition coefficient (Wildman–Crippen LogP) is -0.543. The first-order valence-electron chi connectivity index (χ1n) is 3.82. The van der Waals surface area contributed by atoms with E-state index in [1.807, 2.05) is 0 Å². The van der Waals surface area contributed by atoms with Crippen molar-refractivity contribution in [2.45, 2.75) is 6.54 Å². The summed E-state index contributed by atoms with van der Waals surface area (Å²) in [5, 5.41) is 11.4. The van der Waals surface area contributed by atoms with E-state index < -0.39 is 0 Å². The summed E-state index contributed by atoms with van der Waals surface area (Å²) in [4.78, 5) is 13.9. The summed E-state index contributed by atoms with van der Waals surface area (Å²) < 4.78 is 0. The van der Waals surface area contributed by atoms with E-state index in [2.05, 4.69) is 10.3 Å². The van der Waals surface area contributed by atoms with Crippen LogP contribution in [0.2, 0.25) is 0 Å². The Labute approximate surface area is 70.3 Å². The highest BCUT2D eigenvalue weighted by atomic mass is 16.3. The van der Waals surface area contributed by atoms with Crippen LogP contribution in [-0.2, 0) is 6.54 Å². The Hall–Kier alpha value is -1.13. The summed E-state index contributed by atoms with van der Waals surface area (Å²) in [5.74, 6) is 0. The Morgan fingerprint density at radius 1 is 1.58 bits per heavy atom. The zero-order chi connectivity index (χ0) is 8.81. The Kier molecular flexibility index (Phi) is 3.50. The molecule has 0 aliphatic rings. The van der Waals surface area contributed by atoms with Crippen LogP contribution >= 0.6 is 0 Å². The van der Waals surface area contributed by atoms with Crippen LogP contribution < -0.4 is 10.7 Å². The van der Waals surface area contributed by atoms with Gasteiger partial charge in [-0.1, -0.05) is 0 Å². The smallest absolute Gasteiger partial charge is 0.186 e. The zero-order valence-corrected chi connectivity index (χ0v) is 6.71. The number of rotatable bonds is 4. The average molecular weight is 168 g/mol. The van der Waals surface area contributed by atoms with E-state index in [1.54, 1.807) is 12.4 Å². The molecule has 0 aliphatic heterocycles. The SMILES string of the molecule is O=c1cc[nH]cc1CNCCO. The fourth-order valence-electron chi connectivity index (χ4n) is 0.891. The van der Waals surface area contributed by atoms with Gasteiger partial charge in [-0.2, -0.15) is 0 Å². The molecule has 0 spiro atoms. The third-order valence-electron chi connectivity index (χ3n) is 1.51. The molecule has 1 rings (SSSR count). The molecule has 12 heavy (non-hydrogen) atoms. The molecule has 0 saturated heterocycles. The molecule has 4 nitrogen and oxygen atoms in total. The summed E-state index contributed by atoms with van der Waals surface area (Å²) in [6, 6.07) is 1.48. The van der Waals surface area contributed by atoms with Gasteiger partial charge in [-0.3, -0.25) is 4.79 Å². The third kappa shape index (κ3) is 2.48. The van der Waals surface area contributed by atoms with E-state index in [-0.39, 0.29) is 12.0 Å². The van der Waals surface area contributed by atoms with Gasteiger partial charge >= 0.3 is 0 Å². The number of hydrogen-bond donors (Lipinski definition) is 3. The number of aliphatic hydroxyl groups is 1. The lowest BCUT2D eigenvalue weighted by atomic mass is 10.3. The first-order valence-corrected chi connectivity index (χ1v) is 3.82. The molecule has 1 aromatic rings. The molecule has 0 saturated carbocycles. The minimum atomic E-state index is 0.0131. The van der Waals surface area contributed by atoms with E-state index in [9.17, 15) is 4.79 Å². The van der Waals surface area contributed by atoms with Crippen molar-refractivity contribution in [1.29, 1.82) is 0 Å². The first kappa shape index (κ1) is 8.96. The van der Waals surface area contributed by atoms with Gasteiger partial charge in [0.05, 0.1) is 6.61 Å². The van der Waals surface area contributed by atoms with Gasteiger partial charge in [0.15, 0.2) is 5.43 Å². The summed E-state index contributed by atoms with van der Waals surface area (Å²) in [7, 11) is 0. The Bertz CT molecular complexity index is 282. The summed E-state index contributed by atoms with van der Waals surface area (Å²) >= 11 is 0. The summed E-state index contributed by atoms with van der Waals surface area (Å²) in [6.07, 6.45) is 3.25. The molecule has 1 heterocycles. The van der Waals surface area contributed by atoms with Crippen LogP contribution in [0.4, 0.5) is 0 Å². The molecule has 0 bridgehead atoms. The van der Waals surface area contributed by atoms with Gasteiger partial charge in [-0.05, 0) is 0 Å². The Morgan fingerprint density at radius 3 is 3.08 bits per heavy atom. The van der Waals surface area contributed by atoms with Crippen molar-refractivity contribution in [2.75, 3.05) is 13.2 Å². The van der Waals surface area contributed by atoms with Crippen molar-refractivity contribution in [1.82, 2.24) is 10.3 Å². The van der Waals surface area contributed by atoms with Gasteiger partial charge in [0.25, 0.3) is 0 Å². The maximum absolute atomic E-state index is 11.1. The molecule has 0 fully saturated rings. The molecular formula is C8H12N2O2. The average Bonchev–Trinajstić information content (AvgIpc) is 2.09. The van der Waals surface area contributed by atoms with Gasteiger partial charge in [-0.15, -0.1) is 0 Å². The fraction of sp³-hybridized carbons (Fsp3) is 0.375. The van der Waals surface area contributed by atoms with E-state index >= 15 is 0 Å². The summed E-state index contributed by atoms with van der Waals surface area (Å²) in [5.41, 5.74) is 0.699. The Balaban J connectivity index is 2.52. The van der Waals surface area contributed by atoms with Crippen molar-refractivity contribution >= 4 is 0 Å². The van der Waals surface area contributed by atoms with Gasteiger partial charge in [-0.25, -0.2) is 0 Å². The van der Waals surface area contributed by atoms with Crippen LogP contribution in [0.25, 0.3) is 0 Å². The topological polar surface area (TPSA) is 65.1 Å². The number of aromatic nitrogens is 1. The van der Waals surface area contributed by atoms with Crippen LogP contribution in [0, 0.1) is 0 Å². The Morgan fingerprint density at radius 2 is 2.42 bits per heavy atom. The highest BCUT2D eigenvalue weighted by Crippen LogP contribution is 1.85. The molecule has 4 heteroatoms. The molecule has 0 atom stereocenters. The lowest BCUT2D eigenvalue weighted by Gasteiger charge is -2.00. The molecule has 3 N–H and O–H groups in total. The number of aromatic amines is 1. The monoisotopic (exact) mass is 168 g/mol. The highest BCUT2D eigenvalue weighted by molar-refractivity contribution is 5.08. The number of nitrogens with one attached hydrogen (secondary N) is 2. The van der Waals surface area contributed by atoms with Crippen molar-refractivity contribution in [3.63, 3.8) is 0 Å². The molecule has 0 radical (unpaired) electrons. The van der Waals surface area contributed by atoms with E-state index in [4.69, 9.17) is 5.11 Å². The predicted molar refractivity (Wildman–Crippen MR) is 45.9 cm³/mol. The maximum Gasteiger partial charge on any atom is 0.186 e. The first-order chi connectivity index (χ1) is 5.84. The molecule has 66 valence electrons. The van der Waals surface area contributed by atoms with Crippen molar-refractivity contribution in [3.8, 4) is 0 Å². The van der Waals surface area contributed by atoms with Gasteiger partial charge in [0.2, 0.25) is 0 Å². The maximum atomic E-state index is 11.1. The van der Waals surface area contributed by atoms with Crippen LogP contribution in [0.1, 0.15) is 5.56 Å². The van der Waals surface area contributed by atoms with Crippen LogP contribution in [0.5, 0.6) is 0 Å². The number of H-pyrrole nitrogens is 1. The number of aliphatic hydroxyl groups excluding tert-OH is 1. The normalized spacial score (nSPS) is 10.1. The fourth-order valence-corrected chi connectivity index (χ4v) is 0.891. The molecule has 0 aromatic carbocycles. The zero-order valence-electron chi connectivity index (χ0n) is 6.71. The summed E-state index contributed by atoms with van der Waals surface area (Å²) in [6.45, 7) is 1.09. The quantitative estimate of drug-likeness (QED) is 0.529. The number of pyridine rings is 1. The molecule has 1 aromatic heterocycles.